The summed E-state index contributed by atoms with van der Waals surface area (Å²) in [6.07, 6.45) is 1.12. The van der Waals surface area contributed by atoms with Gasteiger partial charge in [-0.25, -0.2) is 4.79 Å². The maximum atomic E-state index is 13.7. The van der Waals surface area contributed by atoms with Crippen molar-refractivity contribution >= 4 is 29.2 Å². The Hall–Kier alpha value is -3.71. The number of hydrogen-bond donors (Lipinski definition) is 1. The van der Waals surface area contributed by atoms with Crippen LogP contribution in [0.15, 0.2) is 60.7 Å². The Labute approximate surface area is 234 Å². The first-order valence-corrected chi connectivity index (χ1v) is 13.7. The van der Waals surface area contributed by atoms with Crippen LogP contribution in [0.25, 0.3) is 0 Å². The molecule has 0 bridgehead atoms. The Morgan fingerprint density at radius 3 is 2.33 bits per heavy atom. The minimum absolute atomic E-state index is 0.0155. The second-order valence-electron chi connectivity index (χ2n) is 10.3. The number of urea groups is 1. The van der Waals surface area contributed by atoms with Crippen molar-refractivity contribution in [2.75, 3.05) is 25.1 Å². The Kier molecular flexibility index (Phi) is 7.71. The number of halogens is 1. The number of anilines is 1. The molecule has 2 aliphatic rings. The minimum atomic E-state index is -0.380. The predicted molar refractivity (Wildman–Crippen MR) is 153 cm³/mol. The lowest BCUT2D eigenvalue weighted by Crippen LogP contribution is -2.47. The topological polar surface area (TPSA) is 71.1 Å². The van der Waals surface area contributed by atoms with Crippen LogP contribution < -0.4 is 19.7 Å². The molecule has 2 heterocycles. The first-order valence-electron chi connectivity index (χ1n) is 13.4. The summed E-state index contributed by atoms with van der Waals surface area (Å²) in [6, 6.07) is 19.0. The van der Waals surface area contributed by atoms with Crippen LogP contribution in [0, 0.1) is 0 Å². The van der Waals surface area contributed by atoms with Gasteiger partial charge in [-0.15, -0.1) is 0 Å². The highest BCUT2D eigenvalue weighted by Crippen LogP contribution is 2.44. The first-order chi connectivity index (χ1) is 18.8. The summed E-state index contributed by atoms with van der Waals surface area (Å²) in [7, 11) is 1.61. The molecule has 1 saturated heterocycles. The number of ether oxygens (including phenoxy) is 2. The number of carbonyl (C=O) groups is 2. The number of methoxy groups -OCH3 is 1. The van der Waals surface area contributed by atoms with Crippen LogP contribution in [0.5, 0.6) is 11.5 Å². The fourth-order valence-electron chi connectivity index (χ4n) is 5.44. The molecule has 1 fully saturated rings. The number of rotatable bonds is 7. The smallest absolute Gasteiger partial charge is 0.317 e. The number of benzene rings is 3. The van der Waals surface area contributed by atoms with E-state index in [9.17, 15) is 9.59 Å². The van der Waals surface area contributed by atoms with Gasteiger partial charge in [-0.05, 0) is 85.8 Å². The predicted octanol–water partition coefficient (Wildman–Crippen LogP) is 6.29. The van der Waals surface area contributed by atoms with Crippen molar-refractivity contribution < 1.29 is 19.1 Å². The summed E-state index contributed by atoms with van der Waals surface area (Å²) in [5, 5.41) is 3.55. The molecule has 0 radical (unpaired) electrons. The number of fused-ring (bicyclic) bond motifs is 1. The van der Waals surface area contributed by atoms with Crippen LogP contribution in [0.3, 0.4) is 0 Å². The van der Waals surface area contributed by atoms with Crippen LogP contribution in [-0.2, 0) is 11.2 Å². The highest BCUT2D eigenvalue weighted by molar-refractivity contribution is 6.30. The lowest BCUT2D eigenvalue weighted by molar-refractivity contribution is -0.118. The van der Waals surface area contributed by atoms with Gasteiger partial charge in [-0.3, -0.25) is 4.79 Å². The SMILES string of the molecule is COc1cc2c(cc1OC(C)C)[C@H](c1ccc(Cl)cc1)N(c1ccc([C@H](C)N3CCCNC3=O)cc1)C(=O)C2. The average Bonchev–Trinajstić information content (AvgIpc) is 2.92. The quantitative estimate of drug-likeness (QED) is 0.377. The monoisotopic (exact) mass is 547 g/mol. The van der Waals surface area contributed by atoms with Crippen molar-refractivity contribution in [3.63, 3.8) is 0 Å². The normalized spacial score (nSPS) is 18.1. The molecule has 204 valence electrons. The Morgan fingerprint density at radius 2 is 1.69 bits per heavy atom. The van der Waals surface area contributed by atoms with Crippen LogP contribution in [0.2, 0.25) is 5.02 Å². The van der Waals surface area contributed by atoms with Gasteiger partial charge in [0.15, 0.2) is 11.5 Å². The molecule has 0 aliphatic carbocycles. The van der Waals surface area contributed by atoms with Crippen molar-refractivity contribution in [1.29, 1.82) is 0 Å². The van der Waals surface area contributed by atoms with Crippen molar-refractivity contribution in [3.8, 4) is 11.5 Å². The summed E-state index contributed by atoms with van der Waals surface area (Å²) in [5.41, 5.74) is 4.63. The Morgan fingerprint density at radius 1 is 0.974 bits per heavy atom. The fraction of sp³-hybridized carbons (Fsp3) is 0.355. The van der Waals surface area contributed by atoms with Gasteiger partial charge in [0, 0.05) is 23.8 Å². The molecule has 2 atom stereocenters. The van der Waals surface area contributed by atoms with E-state index < -0.39 is 0 Å². The number of amides is 3. The van der Waals surface area contributed by atoms with E-state index in [1.807, 2.05) is 91.2 Å². The molecule has 3 amide bonds. The zero-order valence-electron chi connectivity index (χ0n) is 22.7. The highest BCUT2D eigenvalue weighted by Gasteiger charge is 2.36. The molecule has 7 nitrogen and oxygen atoms in total. The fourth-order valence-corrected chi connectivity index (χ4v) is 5.57. The van der Waals surface area contributed by atoms with E-state index in [-0.39, 0.29) is 36.5 Å². The molecule has 0 saturated carbocycles. The number of hydrogen-bond acceptors (Lipinski definition) is 4. The van der Waals surface area contributed by atoms with E-state index in [2.05, 4.69) is 5.32 Å². The molecular weight excluding hydrogens is 514 g/mol. The van der Waals surface area contributed by atoms with Gasteiger partial charge in [0.2, 0.25) is 5.91 Å². The van der Waals surface area contributed by atoms with E-state index >= 15 is 0 Å². The molecule has 2 aliphatic heterocycles. The van der Waals surface area contributed by atoms with Crippen molar-refractivity contribution in [2.45, 2.75) is 51.8 Å². The largest absolute Gasteiger partial charge is 0.493 e. The average molecular weight is 548 g/mol. The molecular formula is C31H34ClN3O4. The van der Waals surface area contributed by atoms with E-state index in [4.69, 9.17) is 21.1 Å². The second kappa shape index (κ2) is 11.2. The third-order valence-corrected chi connectivity index (χ3v) is 7.62. The number of carbonyl (C=O) groups excluding carboxylic acids is 2. The summed E-state index contributed by atoms with van der Waals surface area (Å²) in [4.78, 5) is 29.8. The van der Waals surface area contributed by atoms with Crippen LogP contribution in [-0.4, -0.2) is 43.1 Å². The number of nitrogens with zero attached hydrogens (tertiary/aromatic N) is 2. The van der Waals surface area contributed by atoms with Gasteiger partial charge in [0.1, 0.15) is 0 Å². The third-order valence-electron chi connectivity index (χ3n) is 7.37. The van der Waals surface area contributed by atoms with Crippen LogP contribution in [0.1, 0.15) is 61.5 Å². The Balaban J connectivity index is 1.56. The van der Waals surface area contributed by atoms with Gasteiger partial charge in [-0.2, -0.15) is 0 Å². The molecule has 3 aromatic rings. The zero-order chi connectivity index (χ0) is 27.7. The zero-order valence-corrected chi connectivity index (χ0v) is 23.5. The lowest BCUT2D eigenvalue weighted by atomic mass is 9.86. The van der Waals surface area contributed by atoms with Crippen molar-refractivity contribution in [1.82, 2.24) is 10.2 Å². The van der Waals surface area contributed by atoms with Gasteiger partial charge in [-0.1, -0.05) is 35.9 Å². The first kappa shape index (κ1) is 26.9. The molecule has 0 aromatic heterocycles. The number of nitrogens with one attached hydrogen (secondary N) is 1. The van der Waals surface area contributed by atoms with Gasteiger partial charge in [0.05, 0.1) is 31.7 Å². The summed E-state index contributed by atoms with van der Waals surface area (Å²) < 4.78 is 11.7. The van der Waals surface area contributed by atoms with Crippen LogP contribution in [0.4, 0.5) is 10.5 Å². The molecule has 5 rings (SSSR count). The minimum Gasteiger partial charge on any atom is -0.493 e. The van der Waals surface area contributed by atoms with E-state index in [0.717, 1.165) is 40.9 Å². The van der Waals surface area contributed by atoms with E-state index in [0.29, 0.717) is 23.1 Å². The second-order valence-corrected chi connectivity index (χ2v) is 10.7. The van der Waals surface area contributed by atoms with E-state index in [1.165, 1.54) is 0 Å². The van der Waals surface area contributed by atoms with Crippen molar-refractivity contribution in [2.24, 2.45) is 0 Å². The maximum Gasteiger partial charge on any atom is 0.317 e. The van der Waals surface area contributed by atoms with E-state index in [1.54, 1.807) is 7.11 Å². The standard InChI is InChI=1S/C31H34ClN3O4/c1-19(2)39-28-18-26-23(16-27(28)38-4)17-29(36)35(30(26)22-6-10-24(32)11-7-22)25-12-8-21(9-13-25)20(3)34-15-5-14-33-31(34)37/h6-13,16,18-20,30H,5,14-15,17H2,1-4H3,(H,33,37)/t20-,30-/m0/s1. The molecule has 0 spiro atoms. The molecule has 39 heavy (non-hydrogen) atoms. The molecule has 3 aromatic carbocycles. The van der Waals surface area contributed by atoms with Gasteiger partial charge >= 0.3 is 6.03 Å². The summed E-state index contributed by atoms with van der Waals surface area (Å²) in [6.45, 7) is 7.41. The van der Waals surface area contributed by atoms with Crippen LogP contribution >= 0.6 is 11.6 Å². The van der Waals surface area contributed by atoms with Crippen molar-refractivity contribution in [3.05, 3.63) is 87.9 Å². The lowest BCUT2D eigenvalue weighted by Gasteiger charge is -2.38. The molecule has 8 heteroatoms. The third kappa shape index (κ3) is 5.41. The maximum absolute atomic E-state index is 13.7. The molecule has 1 N–H and O–H groups in total. The Bertz CT molecular complexity index is 1360. The highest BCUT2D eigenvalue weighted by atomic mass is 35.5. The summed E-state index contributed by atoms with van der Waals surface area (Å²) >= 11 is 6.23. The molecule has 0 unspecified atom stereocenters. The summed E-state index contributed by atoms with van der Waals surface area (Å²) in [5.74, 6) is 1.24. The van der Waals surface area contributed by atoms with Gasteiger partial charge < -0.3 is 24.6 Å². The van der Waals surface area contributed by atoms with Gasteiger partial charge in [0.25, 0.3) is 0 Å².